The molecule has 21 heavy (non-hydrogen) atoms. The van der Waals surface area contributed by atoms with Crippen LogP contribution in [0.4, 0.5) is 0 Å². The molecule has 2 aromatic carbocycles. The Balaban J connectivity index is 2.17. The highest BCUT2D eigenvalue weighted by molar-refractivity contribution is 5.85. The summed E-state index contributed by atoms with van der Waals surface area (Å²) < 4.78 is 2.03. The third kappa shape index (κ3) is 2.52. The summed E-state index contributed by atoms with van der Waals surface area (Å²) in [5.41, 5.74) is 3.08. The first kappa shape index (κ1) is 13.4. The number of para-hydroxylation sites is 1. The van der Waals surface area contributed by atoms with Gasteiger partial charge in [-0.05, 0) is 17.2 Å². The van der Waals surface area contributed by atoms with E-state index >= 15 is 0 Å². The smallest absolute Gasteiger partial charge is 0.214 e. The summed E-state index contributed by atoms with van der Waals surface area (Å²) in [7, 11) is 1.97. The first-order chi connectivity index (χ1) is 10.2. The molecule has 0 amide bonds. The number of benzene rings is 2. The predicted octanol–water partition coefficient (Wildman–Crippen LogP) is 3.59. The Hall–Kier alpha value is -2.62. The Morgan fingerprint density at radius 1 is 1.10 bits per heavy atom. The number of hydrogen-bond acceptors (Lipinski definition) is 2. The normalized spacial score (nSPS) is 12.4. The van der Waals surface area contributed by atoms with Gasteiger partial charge in [0.1, 0.15) is 0 Å². The maximum Gasteiger partial charge on any atom is 0.214 e. The number of rotatable bonds is 4. The van der Waals surface area contributed by atoms with E-state index in [9.17, 15) is 10.1 Å². The zero-order chi connectivity index (χ0) is 14.8. The molecule has 0 aliphatic heterocycles. The lowest BCUT2D eigenvalue weighted by Crippen LogP contribution is -2.13. The van der Waals surface area contributed by atoms with Gasteiger partial charge in [0, 0.05) is 29.1 Å². The van der Waals surface area contributed by atoms with Gasteiger partial charge in [-0.15, -0.1) is 0 Å². The van der Waals surface area contributed by atoms with Gasteiger partial charge in [-0.25, -0.2) is 0 Å². The topological polar surface area (TPSA) is 48.1 Å². The van der Waals surface area contributed by atoms with Crippen molar-refractivity contribution in [3.63, 3.8) is 0 Å². The highest BCUT2D eigenvalue weighted by atomic mass is 16.6. The molecule has 1 atom stereocenters. The lowest BCUT2D eigenvalue weighted by atomic mass is 9.91. The maximum atomic E-state index is 11.1. The van der Waals surface area contributed by atoms with E-state index in [4.69, 9.17) is 0 Å². The number of aromatic nitrogens is 1. The SMILES string of the molecule is Cn1cc([C@@H](C[N+](=O)[O-])c2ccccc2)c2ccccc21. The van der Waals surface area contributed by atoms with Crippen LogP contribution in [-0.4, -0.2) is 16.0 Å². The van der Waals surface area contributed by atoms with Crippen LogP contribution >= 0.6 is 0 Å². The first-order valence-corrected chi connectivity index (χ1v) is 6.87. The van der Waals surface area contributed by atoms with Gasteiger partial charge >= 0.3 is 0 Å². The molecule has 0 saturated heterocycles. The van der Waals surface area contributed by atoms with Crippen molar-refractivity contribution in [1.82, 2.24) is 4.57 Å². The maximum absolute atomic E-state index is 11.1. The number of aryl methyl sites for hydroxylation is 1. The zero-order valence-electron chi connectivity index (χ0n) is 11.8. The summed E-state index contributed by atoms with van der Waals surface area (Å²) in [6.07, 6.45) is 2.01. The van der Waals surface area contributed by atoms with Gasteiger partial charge in [-0.2, -0.15) is 0 Å². The number of nitro groups is 1. The van der Waals surface area contributed by atoms with E-state index in [1.807, 2.05) is 72.4 Å². The van der Waals surface area contributed by atoms with Gasteiger partial charge in [-0.3, -0.25) is 10.1 Å². The lowest BCUT2D eigenvalue weighted by molar-refractivity contribution is -0.481. The van der Waals surface area contributed by atoms with Crippen LogP contribution in [0.15, 0.2) is 60.8 Å². The van der Waals surface area contributed by atoms with E-state index in [0.29, 0.717) is 0 Å². The van der Waals surface area contributed by atoms with E-state index < -0.39 is 0 Å². The van der Waals surface area contributed by atoms with Gasteiger partial charge < -0.3 is 4.57 Å². The Bertz CT molecular complexity index is 778. The molecule has 0 radical (unpaired) electrons. The second-order valence-electron chi connectivity index (χ2n) is 5.19. The third-order valence-corrected chi connectivity index (χ3v) is 3.84. The van der Waals surface area contributed by atoms with Crippen LogP contribution in [-0.2, 0) is 7.05 Å². The molecule has 0 spiro atoms. The predicted molar refractivity (Wildman–Crippen MR) is 83.1 cm³/mol. The van der Waals surface area contributed by atoms with Gasteiger partial charge in [0.15, 0.2) is 0 Å². The molecule has 1 aromatic heterocycles. The molecule has 106 valence electrons. The number of fused-ring (bicyclic) bond motifs is 1. The van der Waals surface area contributed by atoms with E-state index in [1.165, 1.54) is 0 Å². The van der Waals surface area contributed by atoms with Gasteiger partial charge in [0.05, 0.1) is 5.92 Å². The molecule has 0 unspecified atom stereocenters. The Kier molecular flexibility index (Phi) is 3.44. The van der Waals surface area contributed by atoms with Gasteiger partial charge in [0.2, 0.25) is 6.54 Å². The van der Waals surface area contributed by atoms with Crippen LogP contribution in [0.1, 0.15) is 17.0 Å². The van der Waals surface area contributed by atoms with Crippen molar-refractivity contribution in [2.75, 3.05) is 6.54 Å². The van der Waals surface area contributed by atoms with E-state index in [0.717, 1.165) is 22.0 Å². The zero-order valence-corrected chi connectivity index (χ0v) is 11.8. The van der Waals surface area contributed by atoms with E-state index in [1.54, 1.807) is 0 Å². The summed E-state index contributed by atoms with van der Waals surface area (Å²) in [5.74, 6) is -0.229. The second-order valence-corrected chi connectivity index (χ2v) is 5.19. The Morgan fingerprint density at radius 3 is 2.48 bits per heavy atom. The van der Waals surface area contributed by atoms with Crippen LogP contribution in [0.25, 0.3) is 10.9 Å². The molecular weight excluding hydrogens is 264 g/mol. The first-order valence-electron chi connectivity index (χ1n) is 6.87. The van der Waals surface area contributed by atoms with Crippen LogP contribution in [0, 0.1) is 10.1 Å². The second kappa shape index (κ2) is 5.40. The fourth-order valence-corrected chi connectivity index (χ4v) is 2.87. The molecule has 4 heteroatoms. The highest BCUT2D eigenvalue weighted by Crippen LogP contribution is 2.32. The van der Waals surface area contributed by atoms with Crippen molar-refractivity contribution in [1.29, 1.82) is 0 Å². The van der Waals surface area contributed by atoms with Crippen LogP contribution in [0.2, 0.25) is 0 Å². The molecule has 0 aliphatic carbocycles. The lowest BCUT2D eigenvalue weighted by Gasteiger charge is -2.12. The fourth-order valence-electron chi connectivity index (χ4n) is 2.87. The van der Waals surface area contributed by atoms with Crippen molar-refractivity contribution in [3.8, 4) is 0 Å². The molecule has 0 N–H and O–H groups in total. The summed E-state index contributed by atoms with van der Waals surface area (Å²) >= 11 is 0. The molecule has 0 saturated carbocycles. The fraction of sp³-hybridized carbons (Fsp3) is 0.176. The third-order valence-electron chi connectivity index (χ3n) is 3.84. The molecule has 3 rings (SSSR count). The number of hydrogen-bond donors (Lipinski definition) is 0. The summed E-state index contributed by atoms with van der Waals surface area (Å²) in [4.78, 5) is 10.9. The molecule has 0 aliphatic rings. The van der Waals surface area contributed by atoms with Gasteiger partial charge in [-0.1, -0.05) is 48.5 Å². The summed E-state index contributed by atoms with van der Waals surface area (Å²) in [5, 5.41) is 12.2. The molecule has 4 nitrogen and oxygen atoms in total. The van der Waals surface area contributed by atoms with Crippen molar-refractivity contribution in [3.05, 3.63) is 82.0 Å². The minimum absolute atomic E-state index is 0.0992. The molecule has 3 aromatic rings. The Morgan fingerprint density at radius 2 is 1.76 bits per heavy atom. The van der Waals surface area contributed by atoms with Crippen LogP contribution in [0.3, 0.4) is 0 Å². The van der Waals surface area contributed by atoms with Gasteiger partial charge in [0.25, 0.3) is 0 Å². The summed E-state index contributed by atoms with van der Waals surface area (Å²) in [6.45, 7) is -0.0992. The van der Waals surface area contributed by atoms with E-state index in [2.05, 4.69) is 0 Å². The van der Waals surface area contributed by atoms with E-state index in [-0.39, 0.29) is 17.4 Å². The van der Waals surface area contributed by atoms with Crippen molar-refractivity contribution in [2.24, 2.45) is 7.05 Å². The highest BCUT2D eigenvalue weighted by Gasteiger charge is 2.23. The largest absolute Gasteiger partial charge is 0.350 e. The molecule has 0 bridgehead atoms. The average molecular weight is 280 g/mol. The molecular formula is C17H16N2O2. The quantitative estimate of drug-likeness (QED) is 0.541. The van der Waals surface area contributed by atoms with Crippen molar-refractivity contribution < 1.29 is 4.92 Å². The minimum atomic E-state index is -0.237. The standard InChI is InChI=1S/C17H16N2O2/c1-18-11-16(14-9-5-6-10-17(14)18)15(12-19(20)21)13-7-3-2-4-8-13/h2-11,15H,12H2,1H3/t15-/m0/s1. The van der Waals surface area contributed by atoms with Crippen LogP contribution in [0.5, 0.6) is 0 Å². The average Bonchev–Trinajstić information content (AvgIpc) is 2.83. The van der Waals surface area contributed by atoms with Crippen LogP contribution < -0.4 is 0 Å². The minimum Gasteiger partial charge on any atom is -0.350 e. The molecule has 0 fully saturated rings. The molecule has 1 heterocycles. The van der Waals surface area contributed by atoms with Crippen molar-refractivity contribution >= 4 is 10.9 Å². The monoisotopic (exact) mass is 280 g/mol. The Labute approximate surface area is 122 Å². The van der Waals surface area contributed by atoms with Crippen molar-refractivity contribution in [2.45, 2.75) is 5.92 Å². The number of nitrogens with zero attached hydrogens (tertiary/aromatic N) is 2. The summed E-state index contributed by atoms with van der Waals surface area (Å²) in [6, 6.07) is 17.7.